The van der Waals surface area contributed by atoms with E-state index in [9.17, 15) is 4.79 Å². The van der Waals surface area contributed by atoms with E-state index in [4.69, 9.17) is 20.6 Å². The van der Waals surface area contributed by atoms with E-state index in [1.165, 1.54) is 0 Å². The highest BCUT2D eigenvalue weighted by atomic mass is 16.5. The second-order valence-electron chi connectivity index (χ2n) is 9.31. The number of methoxy groups -OCH3 is 1. The molecular formula is C25H32N6O2. The van der Waals surface area contributed by atoms with Crippen molar-refractivity contribution in [2.45, 2.75) is 51.6 Å². The Kier molecular flexibility index (Phi) is 5.70. The maximum Gasteiger partial charge on any atom is 0.254 e. The summed E-state index contributed by atoms with van der Waals surface area (Å²) in [6, 6.07) is 7.81. The van der Waals surface area contributed by atoms with Gasteiger partial charge in [0.05, 0.1) is 18.8 Å². The summed E-state index contributed by atoms with van der Waals surface area (Å²) in [5, 5.41) is 4.85. The van der Waals surface area contributed by atoms with Crippen molar-refractivity contribution in [2.24, 2.45) is 5.73 Å². The van der Waals surface area contributed by atoms with Crippen LogP contribution in [0.5, 0.6) is 5.75 Å². The number of rotatable bonds is 4. The molecule has 174 valence electrons. The Balaban J connectivity index is 1.46. The first kappa shape index (κ1) is 21.7. The normalized spacial score (nSPS) is 21.1. The first-order chi connectivity index (χ1) is 15.9. The second-order valence-corrected chi connectivity index (χ2v) is 9.31. The van der Waals surface area contributed by atoms with Gasteiger partial charge in [-0.2, -0.15) is 5.10 Å². The van der Waals surface area contributed by atoms with E-state index in [-0.39, 0.29) is 18.0 Å². The van der Waals surface area contributed by atoms with E-state index in [1.807, 2.05) is 46.8 Å². The molecule has 0 saturated carbocycles. The fourth-order valence-electron chi connectivity index (χ4n) is 5.12. The lowest BCUT2D eigenvalue weighted by Crippen LogP contribution is -2.39. The first-order valence-corrected chi connectivity index (χ1v) is 11.8. The maximum absolute atomic E-state index is 13.5. The van der Waals surface area contributed by atoms with Crippen LogP contribution in [-0.2, 0) is 0 Å². The van der Waals surface area contributed by atoms with Crippen molar-refractivity contribution in [3.8, 4) is 5.75 Å². The molecule has 2 aromatic heterocycles. The average Bonchev–Trinajstić information content (AvgIpc) is 3.43. The molecule has 8 nitrogen and oxygen atoms in total. The van der Waals surface area contributed by atoms with E-state index in [0.717, 1.165) is 79.4 Å². The largest absolute Gasteiger partial charge is 0.497 e. The van der Waals surface area contributed by atoms with Crippen LogP contribution >= 0.6 is 0 Å². The van der Waals surface area contributed by atoms with Gasteiger partial charge in [0, 0.05) is 49.1 Å². The van der Waals surface area contributed by atoms with Crippen molar-refractivity contribution in [2.75, 3.05) is 31.6 Å². The molecule has 5 rings (SSSR count). The predicted molar refractivity (Wildman–Crippen MR) is 128 cm³/mol. The minimum absolute atomic E-state index is 0.0489. The molecule has 1 aromatic carbocycles. The van der Waals surface area contributed by atoms with Gasteiger partial charge in [0.25, 0.3) is 5.91 Å². The molecule has 2 saturated heterocycles. The predicted octanol–water partition coefficient (Wildman–Crippen LogP) is 3.26. The first-order valence-electron chi connectivity index (χ1n) is 11.8. The van der Waals surface area contributed by atoms with Gasteiger partial charge in [-0.05, 0) is 63.3 Å². The van der Waals surface area contributed by atoms with Crippen molar-refractivity contribution in [1.82, 2.24) is 19.5 Å². The molecule has 8 heteroatoms. The fraction of sp³-hybridized carbons (Fsp3) is 0.480. The van der Waals surface area contributed by atoms with Crippen LogP contribution in [0.2, 0.25) is 0 Å². The third-order valence-corrected chi connectivity index (χ3v) is 6.92. The lowest BCUT2D eigenvalue weighted by Gasteiger charge is -2.35. The summed E-state index contributed by atoms with van der Waals surface area (Å²) in [6.07, 6.45) is 6.00. The number of hydrogen-bond acceptors (Lipinski definition) is 6. The Morgan fingerprint density at radius 1 is 1.12 bits per heavy atom. The number of carbonyl (C=O) groups is 1. The van der Waals surface area contributed by atoms with Crippen molar-refractivity contribution >= 4 is 17.4 Å². The highest BCUT2D eigenvalue weighted by Gasteiger charge is 2.32. The second kappa shape index (κ2) is 8.67. The maximum atomic E-state index is 13.5. The highest BCUT2D eigenvalue weighted by molar-refractivity contribution is 5.96. The number of amides is 1. The summed E-state index contributed by atoms with van der Waals surface area (Å²) >= 11 is 0. The number of fused-ring (bicyclic) bond motifs is 1. The van der Waals surface area contributed by atoms with E-state index in [2.05, 4.69) is 11.8 Å². The molecule has 0 spiro atoms. The van der Waals surface area contributed by atoms with Crippen LogP contribution in [0, 0.1) is 13.8 Å². The molecular weight excluding hydrogens is 416 g/mol. The molecule has 0 radical (unpaired) electrons. The number of nitrogens with zero attached hydrogens (tertiary/aromatic N) is 5. The smallest absolute Gasteiger partial charge is 0.254 e. The van der Waals surface area contributed by atoms with Gasteiger partial charge >= 0.3 is 0 Å². The van der Waals surface area contributed by atoms with E-state index < -0.39 is 0 Å². The van der Waals surface area contributed by atoms with Gasteiger partial charge in [-0.25, -0.2) is 9.50 Å². The SMILES string of the molecule is COc1ccc(C(=O)N2CCCC[C@H]2c2cc3nc(N4CC[C@H](N)C4)c(C)cn3n2)c(C)c1. The molecule has 0 aliphatic carbocycles. The Bertz CT molecular complexity index is 1190. The number of ether oxygens (including phenoxy) is 1. The van der Waals surface area contributed by atoms with Crippen molar-refractivity contribution in [3.63, 3.8) is 0 Å². The van der Waals surface area contributed by atoms with Crippen LogP contribution in [-0.4, -0.2) is 58.2 Å². The molecule has 3 aromatic rings. The zero-order valence-corrected chi connectivity index (χ0v) is 19.6. The Labute approximate surface area is 194 Å². The molecule has 4 heterocycles. The van der Waals surface area contributed by atoms with Crippen LogP contribution in [0.4, 0.5) is 5.82 Å². The summed E-state index contributed by atoms with van der Waals surface area (Å²) in [4.78, 5) is 22.7. The minimum atomic E-state index is -0.0570. The van der Waals surface area contributed by atoms with Gasteiger partial charge in [-0.1, -0.05) is 0 Å². The number of benzene rings is 1. The van der Waals surface area contributed by atoms with Gasteiger partial charge < -0.3 is 20.3 Å². The lowest BCUT2D eigenvalue weighted by molar-refractivity contribution is 0.0605. The summed E-state index contributed by atoms with van der Waals surface area (Å²) in [5.74, 6) is 1.79. The van der Waals surface area contributed by atoms with Crippen LogP contribution in [0.3, 0.4) is 0 Å². The number of aryl methyl sites for hydroxylation is 2. The molecule has 33 heavy (non-hydrogen) atoms. The quantitative estimate of drug-likeness (QED) is 0.659. The summed E-state index contributed by atoms with van der Waals surface area (Å²) < 4.78 is 7.15. The third kappa shape index (κ3) is 4.04. The van der Waals surface area contributed by atoms with Gasteiger partial charge in [-0.15, -0.1) is 0 Å². The molecule has 0 unspecified atom stereocenters. The van der Waals surface area contributed by atoms with Crippen LogP contribution in [0.15, 0.2) is 30.5 Å². The molecule has 1 amide bonds. The summed E-state index contributed by atoms with van der Waals surface area (Å²) in [7, 11) is 1.64. The highest BCUT2D eigenvalue weighted by Crippen LogP contribution is 2.33. The molecule has 2 aliphatic rings. The number of nitrogens with two attached hydrogens (primary N) is 1. The van der Waals surface area contributed by atoms with Crippen molar-refractivity contribution in [3.05, 3.63) is 52.8 Å². The number of aromatic nitrogens is 3. The topological polar surface area (TPSA) is 89.0 Å². The minimum Gasteiger partial charge on any atom is -0.497 e. The number of piperidine rings is 1. The summed E-state index contributed by atoms with van der Waals surface area (Å²) in [5.41, 5.74) is 10.5. The van der Waals surface area contributed by atoms with E-state index in [0.29, 0.717) is 5.56 Å². The molecule has 2 aliphatic heterocycles. The Morgan fingerprint density at radius 2 is 1.97 bits per heavy atom. The molecule has 0 bridgehead atoms. The number of anilines is 1. The summed E-state index contributed by atoms with van der Waals surface area (Å²) in [6.45, 7) is 6.51. The number of carbonyl (C=O) groups excluding carboxylic acids is 1. The van der Waals surface area contributed by atoms with E-state index in [1.54, 1.807) is 7.11 Å². The molecule has 2 N–H and O–H groups in total. The molecule has 2 fully saturated rings. The van der Waals surface area contributed by atoms with Crippen molar-refractivity contribution < 1.29 is 9.53 Å². The van der Waals surface area contributed by atoms with Crippen LogP contribution in [0.1, 0.15) is 58.9 Å². The monoisotopic (exact) mass is 448 g/mol. The van der Waals surface area contributed by atoms with Gasteiger partial charge in [0.2, 0.25) is 0 Å². The lowest BCUT2D eigenvalue weighted by atomic mass is 9.97. The zero-order chi connectivity index (χ0) is 23.1. The number of likely N-dealkylation sites (tertiary alicyclic amines) is 1. The Morgan fingerprint density at radius 3 is 2.70 bits per heavy atom. The van der Waals surface area contributed by atoms with Crippen molar-refractivity contribution in [1.29, 1.82) is 0 Å². The molecule has 2 atom stereocenters. The fourth-order valence-corrected chi connectivity index (χ4v) is 5.12. The van der Waals surface area contributed by atoms with Gasteiger partial charge in [-0.3, -0.25) is 4.79 Å². The van der Waals surface area contributed by atoms with E-state index >= 15 is 0 Å². The van der Waals surface area contributed by atoms with Gasteiger partial charge in [0.15, 0.2) is 5.65 Å². The zero-order valence-electron chi connectivity index (χ0n) is 19.6. The van der Waals surface area contributed by atoms with Gasteiger partial charge in [0.1, 0.15) is 11.6 Å². The third-order valence-electron chi connectivity index (χ3n) is 6.92. The average molecular weight is 449 g/mol. The van der Waals surface area contributed by atoms with Crippen LogP contribution in [0.25, 0.3) is 5.65 Å². The number of hydrogen-bond donors (Lipinski definition) is 1. The van der Waals surface area contributed by atoms with Crippen LogP contribution < -0.4 is 15.4 Å². The Hall–Kier alpha value is -3.13. The standard InChI is InChI=1S/C25H32N6O2/c1-16-12-19(33-3)7-8-20(16)25(32)30-10-5-4-6-22(30)21-13-23-27-24(17(2)14-31(23)28-21)29-11-9-18(26)15-29/h7-8,12-14,18,22H,4-6,9-11,15,26H2,1-3H3/t18-,22-/m0/s1.